The van der Waals surface area contributed by atoms with Gasteiger partial charge in [-0.3, -0.25) is 4.79 Å². The number of carbonyl (C=O) groups excluding carboxylic acids is 1. The molecule has 6 heteroatoms. The number of ether oxygens (including phenoxy) is 1. The molecule has 1 atom stereocenters. The van der Waals surface area contributed by atoms with Crippen molar-refractivity contribution in [3.8, 4) is 5.75 Å². The van der Waals surface area contributed by atoms with Crippen LogP contribution in [0, 0.1) is 5.82 Å². The molecule has 0 radical (unpaired) electrons. The summed E-state index contributed by atoms with van der Waals surface area (Å²) in [5, 5.41) is 8.70. The van der Waals surface area contributed by atoms with Crippen LogP contribution in [0.1, 0.15) is 23.6 Å². The van der Waals surface area contributed by atoms with Crippen molar-refractivity contribution in [1.29, 1.82) is 0 Å². The summed E-state index contributed by atoms with van der Waals surface area (Å²) in [5.41, 5.74) is 2.06. The number of benzene rings is 2. The Hall–Kier alpha value is -2.73. The van der Waals surface area contributed by atoms with E-state index in [1.54, 1.807) is 32.4 Å². The van der Waals surface area contributed by atoms with E-state index in [0.29, 0.717) is 17.7 Å². The third-order valence-corrected chi connectivity index (χ3v) is 4.16. The molecule has 1 heterocycles. The van der Waals surface area contributed by atoms with Gasteiger partial charge in [0.1, 0.15) is 11.6 Å². The van der Waals surface area contributed by atoms with E-state index in [9.17, 15) is 9.18 Å². The number of hydrogen-bond donors (Lipinski definition) is 1. The minimum absolute atomic E-state index is 0.139. The number of hydrazone groups is 1. The SMILES string of the molecule is CNCC(=O)N1N=C(c2cccc(OC)c2)CC1c1ccccc1F. The lowest BCUT2D eigenvalue weighted by Gasteiger charge is -2.22. The van der Waals surface area contributed by atoms with Gasteiger partial charge >= 0.3 is 0 Å². The van der Waals surface area contributed by atoms with Crippen LogP contribution in [0.15, 0.2) is 53.6 Å². The molecule has 3 rings (SSSR count). The van der Waals surface area contributed by atoms with E-state index in [-0.39, 0.29) is 18.3 Å². The van der Waals surface area contributed by atoms with Crippen LogP contribution in [0.25, 0.3) is 0 Å². The average Bonchev–Trinajstić information content (AvgIpc) is 3.07. The summed E-state index contributed by atoms with van der Waals surface area (Å²) >= 11 is 0. The maximum Gasteiger partial charge on any atom is 0.257 e. The molecule has 1 aliphatic heterocycles. The second-order valence-corrected chi connectivity index (χ2v) is 5.79. The summed E-state index contributed by atoms with van der Waals surface area (Å²) in [7, 11) is 3.29. The molecule has 2 aromatic rings. The lowest BCUT2D eigenvalue weighted by molar-refractivity contribution is -0.131. The summed E-state index contributed by atoms with van der Waals surface area (Å²) in [6.45, 7) is 0.139. The van der Waals surface area contributed by atoms with Crippen molar-refractivity contribution in [3.63, 3.8) is 0 Å². The lowest BCUT2D eigenvalue weighted by atomic mass is 9.98. The van der Waals surface area contributed by atoms with Crippen molar-refractivity contribution in [2.75, 3.05) is 20.7 Å². The highest BCUT2D eigenvalue weighted by atomic mass is 19.1. The molecule has 1 aliphatic rings. The van der Waals surface area contributed by atoms with Crippen LogP contribution in [0.4, 0.5) is 4.39 Å². The second-order valence-electron chi connectivity index (χ2n) is 5.79. The standard InChI is InChI=1S/C19H20FN3O2/c1-21-12-19(24)23-18(15-8-3-4-9-16(15)20)11-17(22-23)13-6-5-7-14(10-13)25-2/h3-10,18,21H,11-12H2,1-2H3. The molecular formula is C19H20FN3O2. The van der Waals surface area contributed by atoms with Crippen LogP contribution < -0.4 is 10.1 Å². The molecule has 0 bridgehead atoms. The van der Waals surface area contributed by atoms with Crippen LogP contribution in [0.5, 0.6) is 5.75 Å². The number of halogens is 1. The molecule has 1 unspecified atom stereocenters. The molecular weight excluding hydrogens is 321 g/mol. The Kier molecular flexibility index (Phi) is 5.09. The molecule has 2 aromatic carbocycles. The fourth-order valence-corrected chi connectivity index (χ4v) is 2.94. The number of rotatable bonds is 5. The van der Waals surface area contributed by atoms with Gasteiger partial charge in [-0.25, -0.2) is 9.40 Å². The van der Waals surface area contributed by atoms with Crippen LogP contribution in [-0.2, 0) is 4.79 Å². The topological polar surface area (TPSA) is 53.9 Å². The van der Waals surface area contributed by atoms with Gasteiger partial charge in [-0.15, -0.1) is 0 Å². The third-order valence-electron chi connectivity index (χ3n) is 4.16. The number of amides is 1. The van der Waals surface area contributed by atoms with E-state index >= 15 is 0 Å². The van der Waals surface area contributed by atoms with Crippen LogP contribution in [0.2, 0.25) is 0 Å². The first-order valence-electron chi connectivity index (χ1n) is 8.07. The lowest BCUT2D eigenvalue weighted by Crippen LogP contribution is -2.34. The van der Waals surface area contributed by atoms with Gasteiger partial charge in [0.15, 0.2) is 0 Å². The molecule has 0 fully saturated rings. The van der Waals surface area contributed by atoms with Gasteiger partial charge in [-0.05, 0) is 25.2 Å². The number of likely N-dealkylation sites (N-methyl/N-ethyl adjacent to an activating group) is 1. The van der Waals surface area contributed by atoms with Crippen molar-refractivity contribution >= 4 is 11.6 Å². The van der Waals surface area contributed by atoms with Crippen molar-refractivity contribution in [2.45, 2.75) is 12.5 Å². The molecule has 0 saturated carbocycles. The predicted molar refractivity (Wildman–Crippen MR) is 94.1 cm³/mol. The van der Waals surface area contributed by atoms with Crippen molar-refractivity contribution in [1.82, 2.24) is 10.3 Å². The molecule has 130 valence electrons. The first-order chi connectivity index (χ1) is 12.1. The summed E-state index contributed by atoms with van der Waals surface area (Å²) in [6.07, 6.45) is 0.448. The number of hydrogen-bond acceptors (Lipinski definition) is 4. The molecule has 0 aromatic heterocycles. The van der Waals surface area contributed by atoms with Crippen LogP contribution in [0.3, 0.4) is 0 Å². The monoisotopic (exact) mass is 341 g/mol. The second kappa shape index (κ2) is 7.44. The van der Waals surface area contributed by atoms with Crippen LogP contribution >= 0.6 is 0 Å². The third kappa shape index (κ3) is 3.53. The molecule has 1 N–H and O–H groups in total. The number of nitrogens with one attached hydrogen (secondary N) is 1. The van der Waals surface area contributed by atoms with E-state index in [1.165, 1.54) is 11.1 Å². The highest BCUT2D eigenvalue weighted by Gasteiger charge is 2.34. The average molecular weight is 341 g/mol. The van der Waals surface area contributed by atoms with Crippen LogP contribution in [-0.4, -0.2) is 37.3 Å². The van der Waals surface area contributed by atoms with Gasteiger partial charge in [0.2, 0.25) is 0 Å². The summed E-state index contributed by atoms with van der Waals surface area (Å²) in [4.78, 5) is 12.4. The Labute approximate surface area is 146 Å². The molecule has 25 heavy (non-hydrogen) atoms. The van der Waals surface area contributed by atoms with E-state index in [2.05, 4.69) is 10.4 Å². The maximum absolute atomic E-state index is 14.3. The van der Waals surface area contributed by atoms with E-state index in [4.69, 9.17) is 4.74 Å². The normalized spacial score (nSPS) is 16.7. The minimum atomic E-state index is -0.455. The van der Waals surface area contributed by atoms with Crippen molar-refractivity contribution in [3.05, 3.63) is 65.5 Å². The Bertz CT molecular complexity index is 807. The first kappa shape index (κ1) is 17.1. The fourth-order valence-electron chi connectivity index (χ4n) is 2.94. The van der Waals surface area contributed by atoms with Crippen molar-refractivity contribution in [2.24, 2.45) is 5.10 Å². The molecule has 0 spiro atoms. The highest BCUT2D eigenvalue weighted by molar-refractivity contribution is 6.03. The van der Waals surface area contributed by atoms with Crippen molar-refractivity contribution < 1.29 is 13.9 Å². The Balaban J connectivity index is 1.97. The number of nitrogens with zero attached hydrogens (tertiary/aromatic N) is 2. The molecule has 5 nitrogen and oxygen atoms in total. The van der Waals surface area contributed by atoms with E-state index in [1.807, 2.05) is 24.3 Å². The van der Waals surface area contributed by atoms with Gasteiger partial charge in [-0.2, -0.15) is 5.10 Å². The zero-order valence-electron chi connectivity index (χ0n) is 14.2. The fraction of sp³-hybridized carbons (Fsp3) is 0.263. The molecule has 0 aliphatic carbocycles. The largest absolute Gasteiger partial charge is 0.497 e. The van der Waals surface area contributed by atoms with E-state index < -0.39 is 6.04 Å². The first-order valence-corrected chi connectivity index (χ1v) is 8.07. The Morgan fingerprint density at radius 1 is 1.32 bits per heavy atom. The van der Waals surface area contributed by atoms with Gasteiger partial charge in [0.25, 0.3) is 5.91 Å². The van der Waals surface area contributed by atoms with Gasteiger partial charge in [-0.1, -0.05) is 30.3 Å². The molecule has 1 amide bonds. The number of methoxy groups -OCH3 is 1. The minimum Gasteiger partial charge on any atom is -0.497 e. The summed E-state index contributed by atoms with van der Waals surface area (Å²) < 4.78 is 19.5. The van der Waals surface area contributed by atoms with Gasteiger partial charge < -0.3 is 10.1 Å². The van der Waals surface area contributed by atoms with E-state index in [0.717, 1.165) is 11.3 Å². The highest BCUT2D eigenvalue weighted by Crippen LogP contribution is 2.34. The molecule has 0 saturated heterocycles. The smallest absolute Gasteiger partial charge is 0.257 e. The Morgan fingerprint density at radius 2 is 2.12 bits per heavy atom. The summed E-state index contributed by atoms with van der Waals surface area (Å²) in [5.74, 6) is 0.174. The Morgan fingerprint density at radius 3 is 2.84 bits per heavy atom. The predicted octanol–water partition coefficient (Wildman–Crippen LogP) is 2.73. The van der Waals surface area contributed by atoms with Gasteiger partial charge in [0.05, 0.1) is 25.4 Å². The number of carbonyl (C=O) groups is 1. The van der Waals surface area contributed by atoms with Gasteiger partial charge in [0, 0.05) is 17.5 Å². The summed E-state index contributed by atoms with van der Waals surface area (Å²) in [6, 6.07) is 13.5. The zero-order valence-corrected chi connectivity index (χ0v) is 14.2. The zero-order chi connectivity index (χ0) is 17.8. The quantitative estimate of drug-likeness (QED) is 0.910. The maximum atomic E-state index is 14.3.